The van der Waals surface area contributed by atoms with Crippen molar-refractivity contribution in [2.24, 2.45) is 0 Å². The number of alkyl halides is 4. The van der Waals surface area contributed by atoms with Crippen molar-refractivity contribution in [3.63, 3.8) is 0 Å². The van der Waals surface area contributed by atoms with Crippen LogP contribution in [0.1, 0.15) is 17.3 Å². The Morgan fingerprint density at radius 3 is 2.33 bits per heavy atom. The van der Waals surface area contributed by atoms with Crippen LogP contribution in [0.15, 0.2) is 24.3 Å². The molecule has 0 spiro atoms. The van der Waals surface area contributed by atoms with E-state index in [0.29, 0.717) is 0 Å². The summed E-state index contributed by atoms with van der Waals surface area (Å²) in [6.07, 6.45) is -5.33. The molecule has 0 aliphatic rings. The topological polar surface area (TPSA) is 55.4 Å². The summed E-state index contributed by atoms with van der Waals surface area (Å²) in [5.74, 6) is -4.45. The summed E-state index contributed by atoms with van der Waals surface area (Å²) >= 11 is 5.19. The highest BCUT2D eigenvalue weighted by atomic mass is 35.5. The molecule has 0 aliphatic carbocycles. The first kappa shape index (κ1) is 17.2. The lowest BCUT2D eigenvalue weighted by Crippen LogP contribution is -2.60. The van der Waals surface area contributed by atoms with Gasteiger partial charge in [-0.2, -0.15) is 13.2 Å². The molecule has 4 nitrogen and oxygen atoms in total. The number of benzene rings is 1. The maximum atomic E-state index is 13.4. The second kappa shape index (κ2) is 6.30. The molecule has 0 aliphatic heterocycles. The van der Waals surface area contributed by atoms with Crippen LogP contribution in [-0.2, 0) is 9.53 Å². The van der Waals surface area contributed by atoms with E-state index < -0.39 is 34.4 Å². The molecular weight excluding hydrogens is 318 g/mol. The highest BCUT2D eigenvalue weighted by Crippen LogP contribution is 2.35. The van der Waals surface area contributed by atoms with E-state index in [2.05, 4.69) is 4.74 Å². The maximum Gasteiger partial charge on any atom is 0.437 e. The van der Waals surface area contributed by atoms with E-state index in [1.165, 1.54) is 24.4 Å². The zero-order valence-electron chi connectivity index (χ0n) is 10.6. The van der Waals surface area contributed by atoms with Crippen molar-refractivity contribution in [2.45, 2.75) is 18.1 Å². The summed E-state index contributed by atoms with van der Waals surface area (Å²) in [4.78, 5) is 19.3. The molecule has 1 amide bonds. The van der Waals surface area contributed by atoms with Gasteiger partial charge in [0.15, 0.2) is 0 Å². The van der Waals surface area contributed by atoms with Gasteiger partial charge < -0.3 is 10.1 Å². The molecule has 1 N–H and O–H groups in total. The smallest absolute Gasteiger partial charge is 0.437 e. The van der Waals surface area contributed by atoms with Gasteiger partial charge in [0.2, 0.25) is 0 Å². The Morgan fingerprint density at radius 1 is 1.29 bits per heavy atom. The monoisotopic (exact) mass is 327 g/mol. The third-order valence-corrected chi connectivity index (χ3v) is 2.81. The summed E-state index contributed by atoms with van der Waals surface area (Å²) in [7, 11) is 0. The van der Waals surface area contributed by atoms with Gasteiger partial charge in [-0.05, 0) is 19.1 Å². The molecular formula is C12H10ClF4NO3. The lowest BCUT2D eigenvalue weighted by Gasteiger charge is -2.28. The van der Waals surface area contributed by atoms with Crippen LogP contribution in [0.4, 0.5) is 17.6 Å². The second-order valence-corrected chi connectivity index (χ2v) is 4.38. The molecule has 0 saturated carbocycles. The van der Waals surface area contributed by atoms with Gasteiger partial charge >= 0.3 is 17.1 Å². The third kappa shape index (κ3) is 3.63. The molecule has 1 rings (SSSR count). The first-order valence-electron chi connectivity index (χ1n) is 5.63. The number of carbonyl (C=O) groups is 2. The Hall–Kier alpha value is -1.83. The van der Waals surface area contributed by atoms with Crippen LogP contribution in [0, 0.1) is 5.82 Å². The van der Waals surface area contributed by atoms with Crippen molar-refractivity contribution in [3.05, 3.63) is 35.6 Å². The molecule has 0 aromatic heterocycles. The molecule has 1 aromatic carbocycles. The van der Waals surface area contributed by atoms with E-state index in [-0.39, 0.29) is 6.61 Å². The average molecular weight is 328 g/mol. The van der Waals surface area contributed by atoms with Crippen molar-refractivity contribution in [1.29, 1.82) is 0 Å². The van der Waals surface area contributed by atoms with E-state index in [1.807, 2.05) is 0 Å². The van der Waals surface area contributed by atoms with Crippen LogP contribution < -0.4 is 5.32 Å². The third-order valence-electron chi connectivity index (χ3n) is 2.35. The molecule has 0 heterocycles. The fourth-order valence-corrected chi connectivity index (χ4v) is 1.48. The lowest BCUT2D eigenvalue weighted by molar-refractivity contribution is -0.192. The first-order chi connectivity index (χ1) is 9.63. The summed E-state index contributed by atoms with van der Waals surface area (Å²) in [6, 6.07) is 4.31. The van der Waals surface area contributed by atoms with Crippen molar-refractivity contribution >= 4 is 23.5 Å². The highest BCUT2D eigenvalue weighted by Gasteiger charge is 2.62. The number of esters is 1. The predicted octanol–water partition coefficient (Wildman–Crippen LogP) is 2.62. The van der Waals surface area contributed by atoms with Crippen LogP contribution in [0.2, 0.25) is 0 Å². The lowest BCUT2D eigenvalue weighted by atomic mass is 10.1. The van der Waals surface area contributed by atoms with Crippen molar-refractivity contribution in [3.8, 4) is 0 Å². The van der Waals surface area contributed by atoms with Gasteiger partial charge in [0.1, 0.15) is 5.82 Å². The number of ether oxygens (including phenoxy) is 1. The van der Waals surface area contributed by atoms with E-state index >= 15 is 0 Å². The molecule has 1 aromatic rings. The van der Waals surface area contributed by atoms with Crippen LogP contribution in [0.25, 0.3) is 0 Å². The summed E-state index contributed by atoms with van der Waals surface area (Å²) in [6.45, 7) is 0.892. The zero-order valence-corrected chi connectivity index (χ0v) is 11.4. The van der Waals surface area contributed by atoms with Gasteiger partial charge in [-0.3, -0.25) is 4.79 Å². The molecule has 0 fully saturated rings. The number of rotatable bonds is 4. The minimum atomic E-state index is -5.33. The fraction of sp³-hybridized carbons (Fsp3) is 0.333. The van der Waals surface area contributed by atoms with Crippen LogP contribution in [0.5, 0.6) is 0 Å². The molecule has 0 unspecified atom stereocenters. The number of halogens is 5. The summed E-state index contributed by atoms with van der Waals surface area (Å²) in [5, 5.41) is 1.26. The first-order valence-corrected chi connectivity index (χ1v) is 6.01. The quantitative estimate of drug-likeness (QED) is 0.400. The Labute approximate surface area is 122 Å². The van der Waals surface area contributed by atoms with Gasteiger partial charge in [-0.15, -0.1) is 0 Å². The molecule has 0 radical (unpaired) electrons. The van der Waals surface area contributed by atoms with E-state index in [0.717, 1.165) is 12.1 Å². The Balaban J connectivity index is 3.11. The van der Waals surface area contributed by atoms with E-state index in [4.69, 9.17) is 11.6 Å². The number of hydrogen-bond donors (Lipinski definition) is 1. The molecule has 0 saturated heterocycles. The predicted molar refractivity (Wildman–Crippen MR) is 65.1 cm³/mol. The van der Waals surface area contributed by atoms with Crippen LogP contribution in [0.3, 0.4) is 0 Å². The van der Waals surface area contributed by atoms with Gasteiger partial charge in [0.05, 0.1) is 12.2 Å². The highest BCUT2D eigenvalue weighted by molar-refractivity contribution is 6.35. The minimum Gasteiger partial charge on any atom is -0.463 e. The number of carbonyl (C=O) groups excluding carboxylic acids is 2. The maximum absolute atomic E-state index is 13.4. The molecule has 0 bridgehead atoms. The van der Waals surface area contributed by atoms with Gasteiger partial charge in [0, 0.05) is 0 Å². The fourth-order valence-electron chi connectivity index (χ4n) is 1.34. The standard InChI is InChI=1S/C12H10ClF4NO3/c1-2-21-10(20)11(13,12(15,16)17)18-9(19)7-5-3-4-6-8(7)14/h3-6H,2H2,1H3,(H,18,19)/t11-/m0/s1. The van der Waals surface area contributed by atoms with Crippen molar-refractivity contribution < 1.29 is 31.9 Å². The Kier molecular flexibility index (Phi) is 5.16. The molecule has 116 valence electrons. The molecule has 21 heavy (non-hydrogen) atoms. The number of hydrogen-bond acceptors (Lipinski definition) is 3. The number of amides is 1. The summed E-state index contributed by atoms with van der Waals surface area (Å²) in [5.41, 5.74) is -0.684. The summed E-state index contributed by atoms with van der Waals surface area (Å²) < 4.78 is 56.3. The largest absolute Gasteiger partial charge is 0.463 e. The number of nitrogens with one attached hydrogen (secondary N) is 1. The van der Waals surface area contributed by atoms with E-state index in [9.17, 15) is 27.2 Å². The van der Waals surface area contributed by atoms with Gasteiger partial charge in [-0.1, -0.05) is 23.7 Å². The zero-order chi connectivity index (χ0) is 16.3. The Morgan fingerprint density at radius 2 is 1.86 bits per heavy atom. The normalized spacial score (nSPS) is 14.2. The SMILES string of the molecule is CCOC(=O)[C@](Cl)(NC(=O)c1ccccc1F)C(F)(F)F. The average Bonchev–Trinajstić information content (AvgIpc) is 2.37. The van der Waals surface area contributed by atoms with Gasteiger partial charge in [0.25, 0.3) is 5.91 Å². The van der Waals surface area contributed by atoms with E-state index in [1.54, 1.807) is 0 Å². The Bertz CT molecular complexity index is 550. The molecule has 9 heteroatoms. The van der Waals surface area contributed by atoms with Crippen molar-refractivity contribution in [2.75, 3.05) is 6.61 Å². The second-order valence-electron chi connectivity index (χ2n) is 3.81. The minimum absolute atomic E-state index is 0.376. The van der Waals surface area contributed by atoms with Gasteiger partial charge in [-0.25, -0.2) is 9.18 Å². The van der Waals surface area contributed by atoms with Crippen LogP contribution in [-0.4, -0.2) is 29.7 Å². The molecule has 1 atom stereocenters. The van der Waals surface area contributed by atoms with Crippen LogP contribution >= 0.6 is 11.6 Å². The van der Waals surface area contributed by atoms with Crippen molar-refractivity contribution in [1.82, 2.24) is 5.32 Å².